The second-order valence-corrected chi connectivity index (χ2v) is 5.47. The third-order valence-electron chi connectivity index (χ3n) is 2.86. The second kappa shape index (κ2) is 5.11. The first-order valence-corrected chi connectivity index (χ1v) is 6.49. The summed E-state index contributed by atoms with van der Waals surface area (Å²) in [5, 5.41) is 8.35. The van der Waals surface area contributed by atoms with Gasteiger partial charge >= 0.3 is 5.97 Å². The van der Waals surface area contributed by atoms with Gasteiger partial charge in [-0.15, -0.1) is 10.2 Å². The molecule has 0 aliphatic rings. The van der Waals surface area contributed by atoms with E-state index >= 15 is 0 Å². The van der Waals surface area contributed by atoms with Gasteiger partial charge in [0.25, 0.3) is 0 Å². The molecule has 0 atom stereocenters. The van der Waals surface area contributed by atoms with Crippen LogP contribution in [0, 0.1) is 0 Å². The summed E-state index contributed by atoms with van der Waals surface area (Å²) in [4.78, 5) is 11.7. The maximum atomic E-state index is 11.7. The summed E-state index contributed by atoms with van der Waals surface area (Å²) in [6.07, 6.45) is 0. The molecule has 0 aliphatic carbocycles. The summed E-state index contributed by atoms with van der Waals surface area (Å²) in [6, 6.07) is 3.30. The minimum atomic E-state index is -0.422. The maximum absolute atomic E-state index is 11.7. The van der Waals surface area contributed by atoms with Crippen LogP contribution in [0.5, 0.6) is 5.88 Å². The largest absolute Gasteiger partial charge is 0.479 e. The first-order chi connectivity index (χ1) is 9.38. The molecule has 0 bridgehead atoms. The second-order valence-electron chi connectivity index (χ2n) is 5.47. The number of fused-ring (bicyclic) bond motifs is 1. The molecular formula is C14H19N3O3. The van der Waals surface area contributed by atoms with E-state index in [1.807, 2.05) is 32.1 Å². The van der Waals surface area contributed by atoms with Gasteiger partial charge < -0.3 is 9.47 Å². The molecule has 0 amide bonds. The Labute approximate surface area is 117 Å². The van der Waals surface area contributed by atoms with Crippen LogP contribution in [0.3, 0.4) is 0 Å². The van der Waals surface area contributed by atoms with Crippen LogP contribution in [0.2, 0.25) is 0 Å². The Bertz CT molecular complexity index is 641. The topological polar surface area (TPSA) is 65.7 Å². The number of carbonyl (C=O) groups is 1. The van der Waals surface area contributed by atoms with Crippen molar-refractivity contribution in [1.29, 1.82) is 0 Å². The number of nitrogens with zero attached hydrogens (tertiary/aromatic N) is 3. The normalized spacial score (nSPS) is 11.7. The number of ether oxygens (including phenoxy) is 2. The first kappa shape index (κ1) is 14.3. The molecule has 0 saturated heterocycles. The zero-order chi connectivity index (χ0) is 14.9. The lowest BCUT2D eigenvalue weighted by Gasteiger charge is -2.18. The Hall–Kier alpha value is -2.11. The van der Waals surface area contributed by atoms with E-state index in [1.54, 1.807) is 12.1 Å². The smallest absolute Gasteiger partial charge is 0.338 e. The van der Waals surface area contributed by atoms with E-state index in [-0.39, 0.29) is 5.41 Å². The van der Waals surface area contributed by atoms with Gasteiger partial charge in [-0.3, -0.25) is 0 Å². The van der Waals surface area contributed by atoms with Crippen molar-refractivity contribution in [3.8, 4) is 5.88 Å². The van der Waals surface area contributed by atoms with Crippen LogP contribution in [-0.2, 0) is 10.2 Å². The van der Waals surface area contributed by atoms with Crippen molar-refractivity contribution in [2.75, 3.05) is 13.7 Å². The third-order valence-corrected chi connectivity index (χ3v) is 2.86. The van der Waals surface area contributed by atoms with Gasteiger partial charge in [0, 0.05) is 11.5 Å². The quantitative estimate of drug-likeness (QED) is 0.805. The summed E-state index contributed by atoms with van der Waals surface area (Å²) in [6.45, 7) is 8.52. The van der Waals surface area contributed by atoms with E-state index in [0.29, 0.717) is 23.7 Å². The summed E-state index contributed by atoms with van der Waals surface area (Å²) in [5.41, 5.74) is 0.787. The van der Waals surface area contributed by atoms with Crippen LogP contribution >= 0.6 is 0 Å². The zero-order valence-corrected chi connectivity index (χ0v) is 12.4. The molecule has 0 fully saturated rings. The molecule has 2 rings (SSSR count). The number of esters is 1. The number of methoxy groups -OCH3 is 1. The average Bonchev–Trinajstić information content (AvgIpc) is 2.82. The molecule has 2 heterocycles. The lowest BCUT2D eigenvalue weighted by molar-refractivity contribution is 0.0600. The fourth-order valence-corrected chi connectivity index (χ4v) is 1.96. The predicted molar refractivity (Wildman–Crippen MR) is 74.2 cm³/mol. The van der Waals surface area contributed by atoms with Gasteiger partial charge in [0.05, 0.1) is 19.3 Å². The number of hydrogen-bond donors (Lipinski definition) is 0. The van der Waals surface area contributed by atoms with Crippen molar-refractivity contribution >= 4 is 11.6 Å². The van der Waals surface area contributed by atoms with Gasteiger partial charge in [0.2, 0.25) is 5.88 Å². The maximum Gasteiger partial charge on any atom is 0.338 e. The van der Waals surface area contributed by atoms with E-state index in [0.717, 1.165) is 5.82 Å². The molecule has 6 heteroatoms. The molecular weight excluding hydrogens is 258 g/mol. The van der Waals surface area contributed by atoms with Crippen LogP contribution in [0.1, 0.15) is 43.9 Å². The molecule has 2 aromatic rings. The first-order valence-electron chi connectivity index (χ1n) is 6.49. The zero-order valence-electron chi connectivity index (χ0n) is 12.4. The lowest BCUT2D eigenvalue weighted by atomic mass is 9.96. The molecule has 0 aromatic carbocycles. The molecule has 2 aromatic heterocycles. The van der Waals surface area contributed by atoms with E-state index in [1.165, 1.54) is 7.11 Å². The minimum absolute atomic E-state index is 0.182. The van der Waals surface area contributed by atoms with Crippen molar-refractivity contribution in [2.24, 2.45) is 0 Å². The van der Waals surface area contributed by atoms with Crippen LogP contribution in [0.15, 0.2) is 12.1 Å². The number of rotatable bonds is 3. The van der Waals surface area contributed by atoms with Crippen molar-refractivity contribution in [3.63, 3.8) is 0 Å². The molecule has 0 saturated carbocycles. The van der Waals surface area contributed by atoms with Gasteiger partial charge in [-0.05, 0) is 13.0 Å². The van der Waals surface area contributed by atoms with Crippen molar-refractivity contribution in [2.45, 2.75) is 33.1 Å². The number of carbonyl (C=O) groups excluding carboxylic acids is 1. The number of pyridine rings is 1. The van der Waals surface area contributed by atoms with E-state index < -0.39 is 5.97 Å². The summed E-state index contributed by atoms with van der Waals surface area (Å²) >= 11 is 0. The highest BCUT2D eigenvalue weighted by Gasteiger charge is 2.24. The molecule has 0 spiro atoms. The van der Waals surface area contributed by atoms with Crippen LogP contribution in [0.4, 0.5) is 0 Å². The molecule has 0 N–H and O–H groups in total. The van der Waals surface area contributed by atoms with Crippen molar-refractivity contribution in [1.82, 2.24) is 14.6 Å². The number of aromatic nitrogens is 3. The third kappa shape index (κ3) is 2.45. The lowest BCUT2D eigenvalue weighted by Crippen LogP contribution is -2.17. The van der Waals surface area contributed by atoms with Gasteiger partial charge in [0.15, 0.2) is 5.65 Å². The molecule has 0 aliphatic heterocycles. The highest BCUT2D eigenvalue weighted by Crippen LogP contribution is 2.26. The predicted octanol–water partition coefficient (Wildman–Crippen LogP) is 2.21. The summed E-state index contributed by atoms with van der Waals surface area (Å²) < 4.78 is 12.2. The Kier molecular flexibility index (Phi) is 3.65. The molecule has 6 nitrogen and oxygen atoms in total. The monoisotopic (exact) mass is 277 g/mol. The summed E-state index contributed by atoms with van der Waals surface area (Å²) in [5.74, 6) is 0.904. The van der Waals surface area contributed by atoms with Gasteiger partial charge in [-0.1, -0.05) is 20.8 Å². The molecule has 108 valence electrons. The Balaban J connectivity index is 2.71. The van der Waals surface area contributed by atoms with Gasteiger partial charge in [0.1, 0.15) is 5.82 Å². The number of hydrogen-bond acceptors (Lipinski definition) is 5. The molecule has 0 unspecified atom stereocenters. The Morgan fingerprint density at radius 2 is 2.00 bits per heavy atom. The minimum Gasteiger partial charge on any atom is -0.479 e. The molecule has 0 radical (unpaired) electrons. The fourth-order valence-electron chi connectivity index (χ4n) is 1.96. The van der Waals surface area contributed by atoms with Crippen LogP contribution < -0.4 is 4.74 Å². The standard InChI is InChI=1S/C14H19N3O3/c1-6-20-11-8-9(12(18)19-5)7-10-15-16-13(17(10)11)14(2,3)4/h7-8H,6H2,1-5H3. The van der Waals surface area contributed by atoms with Crippen molar-refractivity contribution < 1.29 is 14.3 Å². The van der Waals surface area contributed by atoms with E-state index in [9.17, 15) is 4.79 Å². The van der Waals surface area contributed by atoms with Crippen LogP contribution in [0.25, 0.3) is 5.65 Å². The highest BCUT2D eigenvalue weighted by atomic mass is 16.5. The summed E-state index contributed by atoms with van der Waals surface area (Å²) in [7, 11) is 1.34. The highest BCUT2D eigenvalue weighted by molar-refractivity contribution is 5.90. The Morgan fingerprint density at radius 1 is 1.30 bits per heavy atom. The van der Waals surface area contributed by atoms with Gasteiger partial charge in [-0.25, -0.2) is 9.20 Å². The Morgan fingerprint density at radius 3 is 2.55 bits per heavy atom. The van der Waals surface area contributed by atoms with E-state index in [2.05, 4.69) is 10.2 Å². The van der Waals surface area contributed by atoms with Crippen LogP contribution in [-0.4, -0.2) is 34.3 Å². The van der Waals surface area contributed by atoms with Crippen molar-refractivity contribution in [3.05, 3.63) is 23.5 Å². The fraction of sp³-hybridized carbons (Fsp3) is 0.500. The molecule has 20 heavy (non-hydrogen) atoms. The SMILES string of the molecule is CCOc1cc(C(=O)OC)cc2nnc(C(C)(C)C)n12. The van der Waals surface area contributed by atoms with Gasteiger partial charge in [-0.2, -0.15) is 0 Å². The average molecular weight is 277 g/mol. The van der Waals surface area contributed by atoms with E-state index in [4.69, 9.17) is 9.47 Å².